The van der Waals surface area contributed by atoms with Gasteiger partial charge >= 0.3 is 0 Å². The van der Waals surface area contributed by atoms with Crippen LogP contribution in [0.15, 0.2) is 59.5 Å². The summed E-state index contributed by atoms with van der Waals surface area (Å²) in [5.74, 6) is -0.511. The number of nitrogens with one attached hydrogen (secondary N) is 2. The average Bonchev–Trinajstić information content (AvgIpc) is 3.31. The third-order valence-electron chi connectivity index (χ3n) is 5.55. The molecule has 0 saturated carbocycles. The topological polar surface area (TPSA) is 96.3 Å². The number of anilines is 2. The molecule has 8 heteroatoms. The number of hydrogen-bond acceptors (Lipinski definition) is 5. The van der Waals surface area contributed by atoms with Crippen LogP contribution in [0, 0.1) is 0 Å². The van der Waals surface area contributed by atoms with Crippen LogP contribution >= 0.6 is 0 Å². The zero-order valence-electron chi connectivity index (χ0n) is 18.1. The summed E-state index contributed by atoms with van der Waals surface area (Å²) in [6.45, 7) is 3.71. The second kappa shape index (κ2) is 9.64. The van der Waals surface area contributed by atoms with Crippen LogP contribution < -0.4 is 21.1 Å². The second-order valence-electron chi connectivity index (χ2n) is 8.14. The summed E-state index contributed by atoms with van der Waals surface area (Å²) < 4.78 is 1.38. The summed E-state index contributed by atoms with van der Waals surface area (Å²) in [5, 5.41) is 5.72. The minimum Gasteiger partial charge on any atom is -0.371 e. The first-order valence-corrected chi connectivity index (χ1v) is 10.9. The second-order valence-corrected chi connectivity index (χ2v) is 8.14. The van der Waals surface area contributed by atoms with Crippen LogP contribution in [-0.2, 0) is 16.1 Å². The maximum Gasteiger partial charge on any atom is 0.269 e. The van der Waals surface area contributed by atoms with E-state index in [4.69, 9.17) is 0 Å². The Morgan fingerprint density at radius 2 is 1.84 bits per heavy atom. The zero-order valence-corrected chi connectivity index (χ0v) is 18.1. The number of rotatable bonds is 7. The van der Waals surface area contributed by atoms with Crippen molar-refractivity contribution in [2.45, 2.75) is 38.8 Å². The van der Waals surface area contributed by atoms with Crippen molar-refractivity contribution in [1.82, 2.24) is 14.9 Å². The number of para-hydroxylation sites is 2. The third kappa shape index (κ3) is 5.14. The molecule has 8 nitrogen and oxygen atoms in total. The van der Waals surface area contributed by atoms with Crippen molar-refractivity contribution in [2.24, 2.45) is 0 Å². The van der Waals surface area contributed by atoms with Crippen molar-refractivity contribution in [2.75, 3.05) is 23.3 Å². The fourth-order valence-electron chi connectivity index (χ4n) is 4.04. The molecule has 32 heavy (non-hydrogen) atoms. The SMILES string of the molecule is CC(CC(=O)Nc1cccc(N2CCCC2)c1)NC(=O)Cn1c(=O)cnc2ccccc21. The monoisotopic (exact) mass is 433 g/mol. The molecule has 1 unspecified atom stereocenters. The molecule has 0 bridgehead atoms. The predicted octanol–water partition coefficient (Wildman–Crippen LogP) is 2.53. The van der Waals surface area contributed by atoms with Gasteiger partial charge in [0, 0.05) is 36.9 Å². The smallest absolute Gasteiger partial charge is 0.269 e. The van der Waals surface area contributed by atoms with E-state index in [1.54, 1.807) is 25.1 Å². The molecule has 2 amide bonds. The highest BCUT2D eigenvalue weighted by molar-refractivity contribution is 5.92. The molecule has 1 atom stereocenters. The maximum atomic E-state index is 12.5. The van der Waals surface area contributed by atoms with E-state index in [-0.39, 0.29) is 36.4 Å². The van der Waals surface area contributed by atoms with Gasteiger partial charge in [0.05, 0.1) is 17.2 Å². The van der Waals surface area contributed by atoms with Gasteiger partial charge in [-0.2, -0.15) is 0 Å². The van der Waals surface area contributed by atoms with Gasteiger partial charge in [-0.1, -0.05) is 18.2 Å². The van der Waals surface area contributed by atoms with Crippen molar-refractivity contribution >= 4 is 34.2 Å². The van der Waals surface area contributed by atoms with E-state index in [1.165, 1.54) is 23.6 Å². The maximum absolute atomic E-state index is 12.5. The van der Waals surface area contributed by atoms with Gasteiger partial charge in [0.2, 0.25) is 11.8 Å². The molecule has 166 valence electrons. The Kier molecular flexibility index (Phi) is 6.49. The molecule has 0 spiro atoms. The molecular weight excluding hydrogens is 406 g/mol. The van der Waals surface area contributed by atoms with E-state index in [0.717, 1.165) is 24.5 Å². The molecule has 3 aromatic rings. The van der Waals surface area contributed by atoms with Crippen molar-refractivity contribution in [3.63, 3.8) is 0 Å². The lowest BCUT2D eigenvalue weighted by Crippen LogP contribution is -2.39. The van der Waals surface area contributed by atoms with Gasteiger partial charge in [-0.05, 0) is 50.1 Å². The van der Waals surface area contributed by atoms with Gasteiger partial charge in [0.1, 0.15) is 6.54 Å². The first-order chi connectivity index (χ1) is 15.5. The van der Waals surface area contributed by atoms with Gasteiger partial charge in [-0.25, -0.2) is 4.98 Å². The van der Waals surface area contributed by atoms with Crippen molar-refractivity contribution in [3.8, 4) is 0 Å². The summed E-state index contributed by atoms with van der Waals surface area (Å²) in [5.41, 5.74) is 2.74. The molecule has 1 aromatic heterocycles. The third-order valence-corrected chi connectivity index (χ3v) is 5.55. The molecule has 1 saturated heterocycles. The molecule has 2 N–H and O–H groups in total. The van der Waals surface area contributed by atoms with Crippen LogP contribution in [0.4, 0.5) is 11.4 Å². The first-order valence-electron chi connectivity index (χ1n) is 10.9. The number of fused-ring (bicyclic) bond motifs is 1. The molecule has 0 aliphatic carbocycles. The molecule has 1 aliphatic rings. The Bertz CT molecular complexity index is 1180. The van der Waals surface area contributed by atoms with E-state index in [0.29, 0.717) is 11.0 Å². The highest BCUT2D eigenvalue weighted by Crippen LogP contribution is 2.23. The molecule has 0 radical (unpaired) electrons. The van der Waals surface area contributed by atoms with Crippen molar-refractivity contribution in [3.05, 3.63) is 65.1 Å². The summed E-state index contributed by atoms with van der Waals surface area (Å²) in [6.07, 6.45) is 3.72. The quantitative estimate of drug-likeness (QED) is 0.597. The Morgan fingerprint density at radius 1 is 1.06 bits per heavy atom. The van der Waals surface area contributed by atoms with Gasteiger partial charge in [0.25, 0.3) is 5.56 Å². The summed E-state index contributed by atoms with van der Waals surface area (Å²) in [6, 6.07) is 14.6. The molecule has 2 heterocycles. The van der Waals surface area contributed by atoms with Crippen molar-refractivity contribution in [1.29, 1.82) is 0 Å². The Morgan fingerprint density at radius 3 is 2.66 bits per heavy atom. The molecular formula is C24H27N5O3. The standard InChI is InChI=1S/C24H27N5O3/c1-17(13-22(30)27-18-7-6-8-19(14-18)28-11-4-5-12-28)26-23(31)16-29-21-10-3-2-9-20(21)25-15-24(29)32/h2-3,6-10,14-15,17H,4-5,11-13,16H2,1H3,(H,26,31)(H,27,30). The number of aromatic nitrogens is 2. The number of carbonyl (C=O) groups excluding carboxylic acids is 2. The van der Waals surface area contributed by atoms with Crippen molar-refractivity contribution < 1.29 is 9.59 Å². The zero-order chi connectivity index (χ0) is 22.5. The van der Waals surface area contributed by atoms with E-state index >= 15 is 0 Å². The summed E-state index contributed by atoms with van der Waals surface area (Å²) in [7, 11) is 0. The molecule has 4 rings (SSSR count). The van der Waals surface area contributed by atoms with Crippen LogP contribution in [0.1, 0.15) is 26.2 Å². The first kappa shape index (κ1) is 21.5. The lowest BCUT2D eigenvalue weighted by Gasteiger charge is -2.19. The Balaban J connectivity index is 1.33. The number of nitrogens with zero attached hydrogens (tertiary/aromatic N) is 3. The number of hydrogen-bond donors (Lipinski definition) is 2. The highest BCUT2D eigenvalue weighted by atomic mass is 16.2. The Labute approximate surface area is 186 Å². The van der Waals surface area contributed by atoms with Crippen LogP contribution in [0.25, 0.3) is 11.0 Å². The number of amides is 2. The lowest BCUT2D eigenvalue weighted by molar-refractivity contribution is -0.122. The molecule has 2 aromatic carbocycles. The van der Waals surface area contributed by atoms with Gasteiger partial charge < -0.3 is 15.5 Å². The predicted molar refractivity (Wildman–Crippen MR) is 125 cm³/mol. The van der Waals surface area contributed by atoms with Crippen LogP contribution in [0.2, 0.25) is 0 Å². The van der Waals surface area contributed by atoms with Crippen LogP contribution in [0.5, 0.6) is 0 Å². The van der Waals surface area contributed by atoms with Gasteiger partial charge in [-0.15, -0.1) is 0 Å². The van der Waals surface area contributed by atoms with E-state index < -0.39 is 0 Å². The summed E-state index contributed by atoms with van der Waals surface area (Å²) in [4.78, 5) is 43.6. The molecule has 1 aliphatic heterocycles. The fourth-order valence-corrected chi connectivity index (χ4v) is 4.04. The summed E-state index contributed by atoms with van der Waals surface area (Å²) >= 11 is 0. The van der Waals surface area contributed by atoms with E-state index in [2.05, 4.69) is 26.6 Å². The van der Waals surface area contributed by atoms with Gasteiger partial charge in [-0.3, -0.25) is 19.0 Å². The largest absolute Gasteiger partial charge is 0.371 e. The van der Waals surface area contributed by atoms with E-state index in [9.17, 15) is 14.4 Å². The van der Waals surface area contributed by atoms with E-state index in [1.807, 2.05) is 24.3 Å². The highest BCUT2D eigenvalue weighted by Gasteiger charge is 2.16. The number of carbonyl (C=O) groups is 2. The molecule has 1 fully saturated rings. The minimum atomic E-state index is -0.381. The van der Waals surface area contributed by atoms with Crippen LogP contribution in [0.3, 0.4) is 0 Å². The normalized spacial score (nSPS) is 14.3. The average molecular weight is 434 g/mol. The lowest BCUT2D eigenvalue weighted by atomic mass is 10.2. The minimum absolute atomic E-state index is 0.131. The number of benzene rings is 2. The van der Waals surface area contributed by atoms with Crippen LogP contribution in [-0.4, -0.2) is 40.5 Å². The fraction of sp³-hybridized carbons (Fsp3) is 0.333. The Hall–Kier alpha value is -3.68. The van der Waals surface area contributed by atoms with Gasteiger partial charge in [0.15, 0.2) is 0 Å².